The number of nitrogens with zero attached hydrogens (tertiary/aromatic N) is 5. The summed E-state index contributed by atoms with van der Waals surface area (Å²) in [5, 5.41) is 4.03. The number of hydrogen-bond donors (Lipinski definition) is 0. The van der Waals surface area contributed by atoms with E-state index in [-0.39, 0.29) is 12.2 Å². The summed E-state index contributed by atoms with van der Waals surface area (Å²) in [4.78, 5) is 32.7. The molecule has 0 radical (unpaired) electrons. The number of rotatable bonds is 4. The summed E-state index contributed by atoms with van der Waals surface area (Å²) in [5.41, 5.74) is 2.87. The lowest BCUT2D eigenvalue weighted by Gasteiger charge is -2.07. The number of ether oxygens (including phenoxy) is 1. The van der Waals surface area contributed by atoms with Crippen LogP contribution in [0, 0.1) is 6.92 Å². The maximum Gasteiger partial charge on any atom is 0.338 e. The van der Waals surface area contributed by atoms with Gasteiger partial charge in [0, 0.05) is 12.3 Å². The minimum Gasteiger partial charge on any atom is -0.456 e. The smallest absolute Gasteiger partial charge is 0.338 e. The predicted octanol–water partition coefficient (Wildman–Crippen LogP) is 1.94. The van der Waals surface area contributed by atoms with Gasteiger partial charge in [0.15, 0.2) is 0 Å². The van der Waals surface area contributed by atoms with Gasteiger partial charge in [-0.25, -0.2) is 19.4 Å². The van der Waals surface area contributed by atoms with Gasteiger partial charge in [0.05, 0.1) is 16.9 Å². The normalized spacial score (nSPS) is 10.9. The van der Waals surface area contributed by atoms with Crippen molar-refractivity contribution < 1.29 is 9.53 Å². The van der Waals surface area contributed by atoms with Gasteiger partial charge in [-0.2, -0.15) is 5.10 Å². The van der Waals surface area contributed by atoms with Crippen LogP contribution in [0.3, 0.4) is 0 Å². The average Bonchev–Trinajstić information content (AvgIpc) is 3.20. The average molecular weight is 361 g/mol. The van der Waals surface area contributed by atoms with Crippen LogP contribution in [0.4, 0.5) is 0 Å². The molecule has 3 aromatic heterocycles. The number of carbonyl (C=O) groups is 1. The van der Waals surface area contributed by atoms with Crippen molar-refractivity contribution in [2.45, 2.75) is 13.5 Å². The van der Waals surface area contributed by atoms with Crippen molar-refractivity contribution in [2.75, 3.05) is 0 Å². The summed E-state index contributed by atoms with van der Waals surface area (Å²) in [6.45, 7) is 1.84. The Kier molecular flexibility index (Phi) is 4.21. The van der Waals surface area contributed by atoms with Gasteiger partial charge in [0.1, 0.15) is 24.9 Å². The molecule has 4 aromatic rings. The molecule has 0 aliphatic rings. The first-order valence-electron chi connectivity index (χ1n) is 8.21. The van der Waals surface area contributed by atoms with Gasteiger partial charge in [-0.3, -0.25) is 9.20 Å². The Morgan fingerprint density at radius 1 is 1.15 bits per heavy atom. The van der Waals surface area contributed by atoms with Gasteiger partial charge in [0.2, 0.25) is 0 Å². The quantitative estimate of drug-likeness (QED) is 0.516. The first-order valence-corrected chi connectivity index (χ1v) is 8.21. The zero-order chi connectivity index (χ0) is 18.8. The maximum absolute atomic E-state index is 12.3. The molecule has 0 atom stereocenters. The van der Waals surface area contributed by atoms with Crippen LogP contribution in [0.1, 0.15) is 21.6 Å². The second-order valence-electron chi connectivity index (χ2n) is 5.98. The Morgan fingerprint density at radius 2 is 1.96 bits per heavy atom. The van der Waals surface area contributed by atoms with E-state index >= 15 is 0 Å². The molecule has 8 heteroatoms. The molecular weight excluding hydrogens is 346 g/mol. The molecule has 0 spiro atoms. The Labute approximate surface area is 153 Å². The highest BCUT2D eigenvalue weighted by molar-refractivity contribution is 5.89. The molecule has 0 unspecified atom stereocenters. The number of benzene rings is 1. The predicted molar refractivity (Wildman–Crippen MR) is 96.7 cm³/mol. The highest BCUT2D eigenvalue weighted by Gasteiger charge is 2.10. The molecule has 8 nitrogen and oxygen atoms in total. The number of aromatic nitrogens is 5. The molecular formula is C19H15N5O3. The summed E-state index contributed by atoms with van der Waals surface area (Å²) < 4.78 is 8.33. The molecule has 4 rings (SSSR count). The Balaban J connectivity index is 1.49. The molecule has 0 fully saturated rings. The number of hydrogen-bond acceptors (Lipinski definition) is 6. The highest BCUT2D eigenvalue weighted by Crippen LogP contribution is 2.10. The first-order chi connectivity index (χ1) is 13.1. The lowest BCUT2D eigenvalue weighted by molar-refractivity contribution is 0.0467. The summed E-state index contributed by atoms with van der Waals surface area (Å²) in [6, 6.07) is 11.8. The minimum atomic E-state index is -0.494. The van der Waals surface area contributed by atoms with E-state index in [1.165, 1.54) is 16.8 Å². The molecule has 0 amide bonds. The third-order valence-electron chi connectivity index (χ3n) is 4.01. The first kappa shape index (κ1) is 16.6. The van der Waals surface area contributed by atoms with Crippen LogP contribution < -0.4 is 5.56 Å². The topological polar surface area (TPSA) is 91.4 Å². The lowest BCUT2D eigenvalue weighted by atomic mass is 10.2. The Morgan fingerprint density at radius 3 is 2.70 bits per heavy atom. The van der Waals surface area contributed by atoms with Gasteiger partial charge in [-0.1, -0.05) is 0 Å². The second kappa shape index (κ2) is 6.83. The standard InChI is InChI=1S/C19H15N5O3/c1-13-6-7-23-17(8-13)22-15(9-18(23)25)10-27-19(26)14-2-4-16(5-3-14)24-12-20-11-21-24/h2-9,11-12H,10H2,1H3. The van der Waals surface area contributed by atoms with E-state index in [9.17, 15) is 9.59 Å². The molecule has 134 valence electrons. The van der Waals surface area contributed by atoms with E-state index in [2.05, 4.69) is 15.1 Å². The molecule has 1 aromatic carbocycles. The van der Waals surface area contributed by atoms with Crippen LogP contribution >= 0.6 is 0 Å². The molecule has 3 heterocycles. The van der Waals surface area contributed by atoms with E-state index in [1.54, 1.807) is 47.5 Å². The molecule has 0 saturated heterocycles. The number of pyridine rings is 1. The van der Waals surface area contributed by atoms with Crippen molar-refractivity contribution in [1.29, 1.82) is 0 Å². The number of esters is 1. The van der Waals surface area contributed by atoms with Gasteiger partial charge >= 0.3 is 5.97 Å². The van der Waals surface area contributed by atoms with Crippen LogP contribution in [-0.4, -0.2) is 30.1 Å². The van der Waals surface area contributed by atoms with E-state index in [4.69, 9.17) is 4.74 Å². The van der Waals surface area contributed by atoms with Crippen LogP contribution in [-0.2, 0) is 11.3 Å². The highest BCUT2D eigenvalue weighted by atomic mass is 16.5. The fourth-order valence-electron chi connectivity index (χ4n) is 2.64. The SMILES string of the molecule is Cc1ccn2c(=O)cc(COC(=O)c3ccc(-n4cncn4)cc3)nc2c1. The molecule has 27 heavy (non-hydrogen) atoms. The molecule has 0 N–H and O–H groups in total. The van der Waals surface area contributed by atoms with Crippen LogP contribution in [0.25, 0.3) is 11.3 Å². The van der Waals surface area contributed by atoms with Crippen LogP contribution in [0.5, 0.6) is 0 Å². The monoisotopic (exact) mass is 361 g/mol. The minimum absolute atomic E-state index is 0.0800. The van der Waals surface area contributed by atoms with E-state index < -0.39 is 5.97 Å². The van der Waals surface area contributed by atoms with E-state index in [0.29, 0.717) is 16.9 Å². The van der Waals surface area contributed by atoms with E-state index in [0.717, 1.165) is 11.3 Å². The number of fused-ring (bicyclic) bond motifs is 1. The van der Waals surface area contributed by atoms with Gasteiger partial charge in [-0.15, -0.1) is 0 Å². The summed E-state index contributed by atoms with van der Waals surface area (Å²) in [7, 11) is 0. The molecule has 0 saturated carbocycles. The van der Waals surface area contributed by atoms with Crippen molar-refractivity contribution in [3.8, 4) is 5.69 Å². The van der Waals surface area contributed by atoms with E-state index in [1.807, 2.05) is 13.0 Å². The van der Waals surface area contributed by atoms with Crippen molar-refractivity contribution in [2.24, 2.45) is 0 Å². The number of carbonyl (C=O) groups excluding carboxylic acids is 1. The van der Waals surface area contributed by atoms with Gasteiger partial charge in [0.25, 0.3) is 5.56 Å². The van der Waals surface area contributed by atoms with Crippen LogP contribution in [0.2, 0.25) is 0 Å². The third kappa shape index (κ3) is 3.45. The van der Waals surface area contributed by atoms with Crippen LogP contribution in [0.15, 0.2) is 66.1 Å². The zero-order valence-corrected chi connectivity index (χ0v) is 14.4. The largest absolute Gasteiger partial charge is 0.456 e. The zero-order valence-electron chi connectivity index (χ0n) is 14.4. The summed E-state index contributed by atoms with van der Waals surface area (Å²) in [6.07, 6.45) is 4.67. The van der Waals surface area contributed by atoms with Crippen molar-refractivity contribution >= 4 is 11.6 Å². The van der Waals surface area contributed by atoms with Crippen molar-refractivity contribution in [1.82, 2.24) is 24.1 Å². The lowest BCUT2D eigenvalue weighted by Crippen LogP contribution is -2.16. The summed E-state index contributed by atoms with van der Waals surface area (Å²) in [5.74, 6) is -0.494. The molecule has 0 aliphatic heterocycles. The fraction of sp³-hybridized carbons (Fsp3) is 0.105. The molecule has 0 bridgehead atoms. The third-order valence-corrected chi connectivity index (χ3v) is 4.01. The maximum atomic E-state index is 12.3. The fourth-order valence-corrected chi connectivity index (χ4v) is 2.64. The molecule has 0 aliphatic carbocycles. The van der Waals surface area contributed by atoms with Crippen molar-refractivity contribution in [3.63, 3.8) is 0 Å². The number of aryl methyl sites for hydroxylation is 1. The second-order valence-corrected chi connectivity index (χ2v) is 5.98. The Bertz CT molecular complexity index is 1160. The van der Waals surface area contributed by atoms with Crippen molar-refractivity contribution in [3.05, 3.63) is 88.5 Å². The summed E-state index contributed by atoms with van der Waals surface area (Å²) >= 11 is 0. The Hall–Kier alpha value is -3.81. The van der Waals surface area contributed by atoms with Gasteiger partial charge < -0.3 is 4.74 Å². The van der Waals surface area contributed by atoms with Gasteiger partial charge in [-0.05, 0) is 48.9 Å².